The summed E-state index contributed by atoms with van der Waals surface area (Å²) < 4.78 is 5.47. The number of hydrogen-bond donors (Lipinski definition) is 0. The van der Waals surface area contributed by atoms with Gasteiger partial charge in [-0.05, 0) is 29.5 Å². The van der Waals surface area contributed by atoms with E-state index in [1.807, 2.05) is 24.3 Å². The molecule has 27 heavy (non-hydrogen) atoms. The highest BCUT2D eigenvalue weighted by Crippen LogP contribution is 2.31. The summed E-state index contributed by atoms with van der Waals surface area (Å²) in [7, 11) is 1.54. The summed E-state index contributed by atoms with van der Waals surface area (Å²) in [5.41, 5.74) is 2.60. The second kappa shape index (κ2) is 6.97. The zero-order valence-corrected chi connectivity index (χ0v) is 14.2. The molecule has 0 radical (unpaired) electrons. The highest BCUT2D eigenvalue weighted by atomic mass is 16.5. The van der Waals surface area contributed by atoms with Crippen LogP contribution in [0.4, 0.5) is 0 Å². The first kappa shape index (κ1) is 16.3. The average Bonchev–Trinajstić information content (AvgIpc) is 3.24. The van der Waals surface area contributed by atoms with Crippen LogP contribution < -0.4 is 4.74 Å². The fourth-order valence-electron chi connectivity index (χ4n) is 2.54. The van der Waals surface area contributed by atoms with E-state index in [4.69, 9.17) is 4.74 Å². The largest absolute Gasteiger partial charge is 0.496 e. The number of methoxy groups -OCH3 is 1. The van der Waals surface area contributed by atoms with Crippen LogP contribution in [-0.2, 0) is 0 Å². The molecule has 0 N–H and O–H groups in total. The Bertz CT molecular complexity index is 1130. The smallest absolute Gasteiger partial charge is 0.223 e. The number of nitrogens with zero attached hydrogens (tertiary/aromatic N) is 8. The molecule has 0 atom stereocenters. The molecule has 130 valence electrons. The van der Waals surface area contributed by atoms with E-state index in [1.54, 1.807) is 31.5 Å². The molecule has 1 aromatic carbocycles. The summed E-state index contributed by atoms with van der Waals surface area (Å²) in [6.07, 6.45) is 4.67. The zero-order chi connectivity index (χ0) is 18.6. The van der Waals surface area contributed by atoms with E-state index in [0.29, 0.717) is 34.2 Å². The van der Waals surface area contributed by atoms with Gasteiger partial charge in [-0.3, -0.25) is 9.97 Å². The van der Waals surface area contributed by atoms with Crippen molar-refractivity contribution in [1.82, 2.24) is 35.2 Å². The summed E-state index contributed by atoms with van der Waals surface area (Å²) in [6, 6.07) is 12.8. The molecule has 0 bridgehead atoms. The molecule has 4 rings (SSSR count). The van der Waals surface area contributed by atoms with Gasteiger partial charge >= 0.3 is 0 Å². The molecule has 4 aromatic rings. The van der Waals surface area contributed by atoms with Crippen LogP contribution in [0.5, 0.6) is 5.75 Å². The van der Waals surface area contributed by atoms with Crippen LogP contribution in [-0.4, -0.2) is 42.3 Å². The molecule has 3 heterocycles. The van der Waals surface area contributed by atoms with Gasteiger partial charge in [0.2, 0.25) is 5.82 Å². The molecule has 0 saturated carbocycles. The fourth-order valence-corrected chi connectivity index (χ4v) is 2.54. The third kappa shape index (κ3) is 3.07. The van der Waals surface area contributed by atoms with Gasteiger partial charge in [-0.15, -0.1) is 15.0 Å². The number of hydrogen-bond acceptors (Lipinski definition) is 8. The number of benzene rings is 1. The van der Waals surface area contributed by atoms with Gasteiger partial charge in [-0.25, -0.2) is 4.98 Å². The SMILES string of the molecule is COc1cc(-n2nnc(-c3ccccn3)n2)ccc1-c1nccnc1C#N. The molecule has 0 saturated heterocycles. The van der Waals surface area contributed by atoms with Gasteiger partial charge in [-0.2, -0.15) is 5.26 Å². The van der Waals surface area contributed by atoms with Crippen molar-refractivity contribution >= 4 is 0 Å². The number of pyridine rings is 1. The Morgan fingerprint density at radius 1 is 1.04 bits per heavy atom. The average molecular weight is 356 g/mol. The molecular weight excluding hydrogens is 344 g/mol. The molecule has 0 aliphatic rings. The molecular formula is C18H12N8O. The molecule has 9 nitrogen and oxygen atoms in total. The Kier molecular flexibility index (Phi) is 4.20. The van der Waals surface area contributed by atoms with E-state index in [1.165, 1.54) is 17.2 Å². The molecule has 0 aliphatic heterocycles. The van der Waals surface area contributed by atoms with Crippen LogP contribution >= 0.6 is 0 Å². The monoisotopic (exact) mass is 356 g/mol. The van der Waals surface area contributed by atoms with Gasteiger partial charge < -0.3 is 4.74 Å². The number of aromatic nitrogens is 7. The third-order valence-corrected chi connectivity index (χ3v) is 3.78. The molecule has 9 heteroatoms. The number of nitriles is 1. The maximum atomic E-state index is 9.26. The zero-order valence-electron chi connectivity index (χ0n) is 14.2. The predicted octanol–water partition coefficient (Wildman–Crippen LogP) is 2.06. The minimum Gasteiger partial charge on any atom is -0.496 e. The van der Waals surface area contributed by atoms with Crippen molar-refractivity contribution in [2.24, 2.45) is 0 Å². The maximum absolute atomic E-state index is 9.26. The van der Waals surface area contributed by atoms with Crippen LogP contribution in [0.15, 0.2) is 55.0 Å². The van der Waals surface area contributed by atoms with Gasteiger partial charge in [0, 0.05) is 30.2 Å². The quantitative estimate of drug-likeness (QED) is 0.545. The van der Waals surface area contributed by atoms with E-state index in [-0.39, 0.29) is 5.69 Å². The van der Waals surface area contributed by atoms with E-state index in [2.05, 4.69) is 30.4 Å². The van der Waals surface area contributed by atoms with Crippen molar-refractivity contribution in [3.05, 3.63) is 60.7 Å². The van der Waals surface area contributed by atoms with Crippen molar-refractivity contribution in [2.75, 3.05) is 7.11 Å². The normalized spacial score (nSPS) is 10.4. The number of ether oxygens (including phenoxy) is 1. The lowest BCUT2D eigenvalue weighted by molar-refractivity contribution is 0.415. The minimum atomic E-state index is 0.222. The van der Waals surface area contributed by atoms with Gasteiger partial charge in [0.05, 0.1) is 12.8 Å². The molecule has 0 amide bonds. The Morgan fingerprint density at radius 3 is 2.70 bits per heavy atom. The van der Waals surface area contributed by atoms with Crippen molar-refractivity contribution < 1.29 is 4.74 Å². The summed E-state index contributed by atoms with van der Waals surface area (Å²) >= 11 is 0. The lowest BCUT2D eigenvalue weighted by atomic mass is 10.1. The number of rotatable bonds is 4. The lowest BCUT2D eigenvalue weighted by Crippen LogP contribution is -2.01. The van der Waals surface area contributed by atoms with Crippen molar-refractivity contribution in [3.8, 4) is 40.3 Å². The third-order valence-electron chi connectivity index (χ3n) is 3.78. The first-order valence-corrected chi connectivity index (χ1v) is 7.91. The summed E-state index contributed by atoms with van der Waals surface area (Å²) in [6.45, 7) is 0. The summed E-state index contributed by atoms with van der Waals surface area (Å²) in [4.78, 5) is 13.9. The Morgan fingerprint density at radius 2 is 1.93 bits per heavy atom. The lowest BCUT2D eigenvalue weighted by Gasteiger charge is -2.10. The summed E-state index contributed by atoms with van der Waals surface area (Å²) in [5, 5.41) is 21.7. The Hall–Kier alpha value is -4.19. The van der Waals surface area contributed by atoms with Crippen molar-refractivity contribution in [3.63, 3.8) is 0 Å². The van der Waals surface area contributed by atoms with Gasteiger partial charge in [0.15, 0.2) is 5.69 Å². The van der Waals surface area contributed by atoms with Gasteiger partial charge in [0.25, 0.3) is 0 Å². The topological polar surface area (TPSA) is 115 Å². The van der Waals surface area contributed by atoms with E-state index >= 15 is 0 Å². The van der Waals surface area contributed by atoms with Crippen LogP contribution in [0.3, 0.4) is 0 Å². The van der Waals surface area contributed by atoms with Crippen molar-refractivity contribution in [1.29, 1.82) is 5.26 Å². The Labute approximate surface area is 153 Å². The first-order valence-electron chi connectivity index (χ1n) is 7.91. The van der Waals surface area contributed by atoms with E-state index < -0.39 is 0 Å². The van der Waals surface area contributed by atoms with Crippen molar-refractivity contribution in [2.45, 2.75) is 0 Å². The van der Waals surface area contributed by atoms with Gasteiger partial charge in [-0.1, -0.05) is 6.07 Å². The highest BCUT2D eigenvalue weighted by molar-refractivity contribution is 5.72. The summed E-state index contributed by atoms with van der Waals surface area (Å²) in [5.74, 6) is 0.931. The predicted molar refractivity (Wildman–Crippen MR) is 94.7 cm³/mol. The van der Waals surface area contributed by atoms with Crippen LogP contribution in [0, 0.1) is 11.3 Å². The molecule has 0 fully saturated rings. The molecule has 0 spiro atoms. The molecule has 0 unspecified atom stereocenters. The van der Waals surface area contributed by atoms with E-state index in [0.717, 1.165) is 0 Å². The highest BCUT2D eigenvalue weighted by Gasteiger charge is 2.15. The standard InChI is InChI=1S/C18H12N8O/c1-27-16-10-12(5-6-13(16)17-15(11-19)21-8-9-22-17)26-24-18(23-25-26)14-4-2-3-7-20-14/h2-10H,1H3. The fraction of sp³-hybridized carbons (Fsp3) is 0.0556. The van der Waals surface area contributed by atoms with Crippen LogP contribution in [0.2, 0.25) is 0 Å². The van der Waals surface area contributed by atoms with Crippen LogP contribution in [0.25, 0.3) is 28.5 Å². The minimum absolute atomic E-state index is 0.222. The van der Waals surface area contributed by atoms with E-state index in [9.17, 15) is 5.26 Å². The molecule has 0 aliphatic carbocycles. The number of tetrazole rings is 1. The maximum Gasteiger partial charge on any atom is 0.223 e. The molecule has 3 aromatic heterocycles. The Balaban J connectivity index is 1.74. The second-order valence-corrected chi connectivity index (χ2v) is 5.37. The van der Waals surface area contributed by atoms with Crippen LogP contribution in [0.1, 0.15) is 5.69 Å². The first-order chi connectivity index (χ1) is 13.3. The van der Waals surface area contributed by atoms with Gasteiger partial charge in [0.1, 0.15) is 23.2 Å². The second-order valence-electron chi connectivity index (χ2n) is 5.37.